The van der Waals surface area contributed by atoms with Crippen molar-refractivity contribution in [3.05, 3.63) is 29.8 Å². The van der Waals surface area contributed by atoms with Crippen LogP contribution in [0.25, 0.3) is 0 Å². The molecule has 1 unspecified atom stereocenters. The molecule has 0 saturated heterocycles. The average molecular weight is 321 g/mol. The SMILES string of the molecule is COc1cccc(CCCC(CO)C(=N)C(=O)OC(C)(C)C)c1. The van der Waals surface area contributed by atoms with Crippen LogP contribution in [0, 0.1) is 11.3 Å². The van der Waals surface area contributed by atoms with Crippen molar-refractivity contribution in [3.8, 4) is 5.75 Å². The summed E-state index contributed by atoms with van der Waals surface area (Å²) >= 11 is 0. The number of hydrogen-bond acceptors (Lipinski definition) is 5. The summed E-state index contributed by atoms with van der Waals surface area (Å²) in [5.74, 6) is -0.337. The van der Waals surface area contributed by atoms with Crippen molar-refractivity contribution in [2.45, 2.75) is 45.6 Å². The number of aliphatic hydroxyl groups is 1. The molecule has 5 heteroatoms. The van der Waals surface area contributed by atoms with E-state index in [2.05, 4.69) is 0 Å². The molecule has 0 heterocycles. The molecule has 0 aliphatic carbocycles. The molecule has 0 spiro atoms. The third-order valence-electron chi connectivity index (χ3n) is 3.40. The van der Waals surface area contributed by atoms with E-state index in [0.717, 1.165) is 24.2 Å². The van der Waals surface area contributed by atoms with Crippen LogP contribution in [0.15, 0.2) is 24.3 Å². The number of carbonyl (C=O) groups is 1. The van der Waals surface area contributed by atoms with Crippen molar-refractivity contribution in [1.82, 2.24) is 0 Å². The smallest absolute Gasteiger partial charge is 0.352 e. The summed E-state index contributed by atoms with van der Waals surface area (Å²) in [7, 11) is 1.63. The first-order chi connectivity index (χ1) is 10.8. The lowest BCUT2D eigenvalue weighted by atomic mass is 9.95. The van der Waals surface area contributed by atoms with Gasteiger partial charge in [0.05, 0.1) is 13.7 Å². The molecule has 0 fully saturated rings. The Hall–Kier alpha value is -1.88. The highest BCUT2D eigenvalue weighted by Gasteiger charge is 2.25. The summed E-state index contributed by atoms with van der Waals surface area (Å²) < 4.78 is 10.4. The number of aliphatic hydroxyl groups excluding tert-OH is 1. The molecule has 128 valence electrons. The zero-order chi connectivity index (χ0) is 17.5. The molecule has 1 atom stereocenters. The van der Waals surface area contributed by atoms with Crippen molar-refractivity contribution in [3.63, 3.8) is 0 Å². The highest BCUT2D eigenvalue weighted by Crippen LogP contribution is 2.18. The summed E-state index contributed by atoms with van der Waals surface area (Å²) in [6.45, 7) is 5.05. The Kier molecular flexibility index (Phi) is 7.23. The second-order valence-corrected chi connectivity index (χ2v) is 6.54. The van der Waals surface area contributed by atoms with Gasteiger partial charge in [-0.2, -0.15) is 0 Å². The molecule has 0 bridgehead atoms. The molecule has 1 aromatic rings. The minimum atomic E-state index is -0.655. The number of hydrogen-bond donors (Lipinski definition) is 2. The van der Waals surface area contributed by atoms with Crippen LogP contribution < -0.4 is 4.74 Å². The first-order valence-corrected chi connectivity index (χ1v) is 7.82. The van der Waals surface area contributed by atoms with Gasteiger partial charge < -0.3 is 14.6 Å². The van der Waals surface area contributed by atoms with Crippen LogP contribution in [0.2, 0.25) is 0 Å². The van der Waals surface area contributed by atoms with Crippen molar-refractivity contribution in [2.24, 2.45) is 5.92 Å². The number of nitrogens with one attached hydrogen (secondary N) is 1. The minimum absolute atomic E-state index is 0.159. The molecule has 0 aromatic heterocycles. The van der Waals surface area contributed by atoms with Crippen LogP contribution in [0.1, 0.15) is 39.2 Å². The van der Waals surface area contributed by atoms with Crippen LogP contribution in [0.5, 0.6) is 5.75 Å². The molecule has 0 aliphatic rings. The van der Waals surface area contributed by atoms with Crippen molar-refractivity contribution < 1.29 is 19.4 Å². The topological polar surface area (TPSA) is 79.6 Å². The van der Waals surface area contributed by atoms with E-state index >= 15 is 0 Å². The van der Waals surface area contributed by atoms with Crippen LogP contribution in [-0.2, 0) is 16.0 Å². The highest BCUT2D eigenvalue weighted by atomic mass is 16.6. The van der Waals surface area contributed by atoms with E-state index in [0.29, 0.717) is 6.42 Å². The second-order valence-electron chi connectivity index (χ2n) is 6.54. The van der Waals surface area contributed by atoms with Gasteiger partial charge in [-0.1, -0.05) is 12.1 Å². The molecular weight excluding hydrogens is 294 g/mol. The van der Waals surface area contributed by atoms with Crippen LogP contribution >= 0.6 is 0 Å². The maximum atomic E-state index is 11.9. The standard InChI is InChI=1S/C18H27NO4/c1-18(2,3)23-17(21)16(19)14(12-20)9-5-7-13-8-6-10-15(11-13)22-4/h6,8,10-11,14,19-20H,5,7,9,12H2,1-4H3. The van der Waals surface area contributed by atoms with E-state index in [-0.39, 0.29) is 12.3 Å². The zero-order valence-electron chi connectivity index (χ0n) is 14.4. The average Bonchev–Trinajstić information content (AvgIpc) is 2.49. The lowest BCUT2D eigenvalue weighted by Crippen LogP contribution is -2.33. The van der Waals surface area contributed by atoms with Gasteiger partial charge in [-0.25, -0.2) is 4.79 Å². The van der Waals surface area contributed by atoms with E-state index < -0.39 is 17.5 Å². The van der Waals surface area contributed by atoms with Crippen LogP contribution in [-0.4, -0.2) is 36.1 Å². The van der Waals surface area contributed by atoms with Crippen LogP contribution in [0.4, 0.5) is 0 Å². The number of aryl methyl sites for hydroxylation is 1. The van der Waals surface area contributed by atoms with E-state index in [1.54, 1.807) is 27.9 Å². The fraction of sp³-hybridized carbons (Fsp3) is 0.556. The van der Waals surface area contributed by atoms with Crippen molar-refractivity contribution in [1.29, 1.82) is 5.41 Å². The van der Waals surface area contributed by atoms with Gasteiger partial charge in [0, 0.05) is 5.92 Å². The number of carbonyl (C=O) groups excluding carboxylic acids is 1. The van der Waals surface area contributed by atoms with E-state index in [1.807, 2.05) is 24.3 Å². The second kappa shape index (κ2) is 8.67. The number of ether oxygens (including phenoxy) is 2. The molecule has 0 aliphatic heterocycles. The first kappa shape index (κ1) is 19.2. The predicted octanol–water partition coefficient (Wildman–Crippen LogP) is 2.99. The third kappa shape index (κ3) is 6.82. The Labute approximate surface area is 138 Å². The largest absolute Gasteiger partial charge is 0.497 e. The molecule has 1 rings (SSSR count). The third-order valence-corrected chi connectivity index (χ3v) is 3.40. The fourth-order valence-electron chi connectivity index (χ4n) is 2.21. The van der Waals surface area contributed by atoms with Gasteiger partial charge >= 0.3 is 5.97 Å². The Bertz CT molecular complexity index is 534. The Morgan fingerprint density at radius 1 is 1.35 bits per heavy atom. The molecule has 0 amide bonds. The number of rotatable bonds is 8. The van der Waals surface area contributed by atoms with Gasteiger partial charge in [-0.3, -0.25) is 5.41 Å². The number of benzene rings is 1. The summed E-state index contributed by atoms with van der Waals surface area (Å²) in [4.78, 5) is 11.9. The van der Waals surface area contributed by atoms with Gasteiger partial charge in [-0.05, 0) is 57.7 Å². The van der Waals surface area contributed by atoms with E-state index in [1.165, 1.54) is 0 Å². The van der Waals surface area contributed by atoms with Gasteiger partial charge in [0.15, 0.2) is 0 Å². The Morgan fingerprint density at radius 2 is 2.04 bits per heavy atom. The molecule has 1 aromatic carbocycles. The molecule has 0 saturated carbocycles. The van der Waals surface area contributed by atoms with Crippen molar-refractivity contribution >= 4 is 11.7 Å². The summed E-state index contributed by atoms with van der Waals surface area (Å²) in [6, 6.07) is 7.79. The Morgan fingerprint density at radius 3 is 2.61 bits per heavy atom. The van der Waals surface area contributed by atoms with Gasteiger partial charge in [-0.15, -0.1) is 0 Å². The lowest BCUT2D eigenvalue weighted by Gasteiger charge is -2.22. The van der Waals surface area contributed by atoms with Crippen LogP contribution in [0.3, 0.4) is 0 Å². The summed E-state index contributed by atoms with van der Waals surface area (Å²) in [5.41, 5.74) is 0.335. The zero-order valence-corrected chi connectivity index (χ0v) is 14.4. The minimum Gasteiger partial charge on any atom is -0.497 e. The Balaban J connectivity index is 2.52. The molecule has 23 heavy (non-hydrogen) atoms. The fourth-order valence-corrected chi connectivity index (χ4v) is 2.21. The molecular formula is C18H27NO4. The number of methoxy groups -OCH3 is 1. The highest BCUT2D eigenvalue weighted by molar-refractivity contribution is 6.36. The van der Waals surface area contributed by atoms with E-state index in [9.17, 15) is 9.90 Å². The molecule has 2 N–H and O–H groups in total. The first-order valence-electron chi connectivity index (χ1n) is 7.82. The van der Waals surface area contributed by atoms with E-state index in [4.69, 9.17) is 14.9 Å². The summed E-state index contributed by atoms with van der Waals surface area (Å²) in [5, 5.41) is 17.4. The quantitative estimate of drug-likeness (QED) is 0.570. The normalized spacial score (nSPS) is 12.6. The maximum absolute atomic E-state index is 11.9. The lowest BCUT2D eigenvalue weighted by molar-refractivity contribution is -0.146. The van der Waals surface area contributed by atoms with Gasteiger partial charge in [0.1, 0.15) is 17.1 Å². The van der Waals surface area contributed by atoms with Gasteiger partial charge in [0.25, 0.3) is 0 Å². The summed E-state index contributed by atoms with van der Waals surface area (Å²) in [6.07, 6.45) is 2.13. The molecule has 0 radical (unpaired) electrons. The monoisotopic (exact) mass is 321 g/mol. The predicted molar refractivity (Wildman–Crippen MR) is 90.1 cm³/mol. The number of esters is 1. The van der Waals surface area contributed by atoms with Gasteiger partial charge in [0.2, 0.25) is 0 Å². The van der Waals surface area contributed by atoms with Crippen molar-refractivity contribution in [2.75, 3.05) is 13.7 Å². The maximum Gasteiger partial charge on any atom is 0.352 e. The molecule has 5 nitrogen and oxygen atoms in total.